The van der Waals surface area contributed by atoms with Crippen molar-refractivity contribution in [1.82, 2.24) is 9.97 Å². The molecule has 0 saturated heterocycles. The van der Waals surface area contributed by atoms with Gasteiger partial charge in [0.15, 0.2) is 0 Å². The Hall–Kier alpha value is -2.43. The van der Waals surface area contributed by atoms with Crippen LogP contribution in [-0.4, -0.2) is 21.2 Å². The normalized spacial score (nSPS) is 9.75. The molecule has 0 unspecified atom stereocenters. The molecule has 2 aromatic rings. The first kappa shape index (κ1) is 10.1. The Kier molecular flexibility index (Phi) is 2.77. The predicted octanol–water partition coefficient (Wildman–Crippen LogP) is 2.23. The van der Waals surface area contributed by atoms with Crippen LogP contribution in [0.2, 0.25) is 0 Å². The van der Waals surface area contributed by atoms with E-state index in [1.807, 2.05) is 30.3 Å². The Labute approximate surface area is 91.8 Å². The van der Waals surface area contributed by atoms with E-state index in [1.54, 1.807) is 12.4 Å². The lowest BCUT2D eigenvalue weighted by molar-refractivity contribution is 0.209. The first-order valence-electron chi connectivity index (χ1n) is 4.63. The smallest absolute Gasteiger partial charge is 0.411 e. The van der Waals surface area contributed by atoms with E-state index >= 15 is 0 Å². The van der Waals surface area contributed by atoms with Crippen LogP contribution in [-0.2, 0) is 0 Å². The summed E-state index contributed by atoms with van der Waals surface area (Å²) in [5.41, 5.74) is 1.83. The summed E-state index contributed by atoms with van der Waals surface area (Å²) in [6, 6.07) is 9.62. The van der Waals surface area contributed by atoms with Gasteiger partial charge in [-0.1, -0.05) is 30.3 Å². The summed E-state index contributed by atoms with van der Waals surface area (Å²) >= 11 is 0. The molecule has 0 fully saturated rings. The number of benzene rings is 1. The van der Waals surface area contributed by atoms with Crippen molar-refractivity contribution < 1.29 is 9.90 Å². The molecular weight excluding hydrogens is 206 g/mol. The molecule has 0 radical (unpaired) electrons. The summed E-state index contributed by atoms with van der Waals surface area (Å²) in [6.07, 6.45) is 1.98. The van der Waals surface area contributed by atoms with Gasteiger partial charge in [0, 0.05) is 18.0 Å². The van der Waals surface area contributed by atoms with Crippen molar-refractivity contribution >= 4 is 12.0 Å². The van der Waals surface area contributed by atoms with E-state index in [2.05, 4.69) is 15.3 Å². The van der Waals surface area contributed by atoms with Gasteiger partial charge in [-0.2, -0.15) is 0 Å². The van der Waals surface area contributed by atoms with Crippen LogP contribution < -0.4 is 5.32 Å². The summed E-state index contributed by atoms with van der Waals surface area (Å²) in [5.74, 6) is 0.0761. The number of hydrogen-bond acceptors (Lipinski definition) is 3. The molecule has 80 valence electrons. The molecule has 1 heterocycles. The minimum Gasteiger partial charge on any atom is -0.465 e. The van der Waals surface area contributed by atoms with Gasteiger partial charge in [-0.3, -0.25) is 5.32 Å². The molecule has 0 aliphatic carbocycles. The fourth-order valence-corrected chi connectivity index (χ4v) is 1.27. The lowest BCUT2D eigenvalue weighted by Gasteiger charge is -2.01. The van der Waals surface area contributed by atoms with Gasteiger partial charge >= 0.3 is 6.09 Å². The maximum atomic E-state index is 10.3. The fraction of sp³-hybridized carbons (Fsp3) is 0. The minimum atomic E-state index is -1.17. The lowest BCUT2D eigenvalue weighted by Crippen LogP contribution is -2.10. The summed E-state index contributed by atoms with van der Waals surface area (Å²) in [5, 5.41) is 10.5. The van der Waals surface area contributed by atoms with Crippen LogP contribution in [0.15, 0.2) is 42.7 Å². The topological polar surface area (TPSA) is 75.1 Å². The monoisotopic (exact) mass is 215 g/mol. The Morgan fingerprint density at radius 2 is 1.69 bits per heavy atom. The van der Waals surface area contributed by atoms with Crippen LogP contribution in [0.3, 0.4) is 0 Å². The van der Waals surface area contributed by atoms with Gasteiger partial charge in [0.05, 0.1) is 0 Å². The fourth-order valence-electron chi connectivity index (χ4n) is 1.27. The van der Waals surface area contributed by atoms with Crippen LogP contribution >= 0.6 is 0 Å². The number of hydrogen-bond donors (Lipinski definition) is 2. The number of amides is 1. The third-order valence-electron chi connectivity index (χ3n) is 1.98. The number of nitrogens with one attached hydrogen (secondary N) is 1. The first-order valence-corrected chi connectivity index (χ1v) is 4.63. The van der Waals surface area contributed by atoms with Gasteiger partial charge in [-0.15, -0.1) is 0 Å². The highest BCUT2D eigenvalue weighted by Crippen LogP contribution is 2.16. The van der Waals surface area contributed by atoms with Crippen LogP contribution in [0.1, 0.15) is 0 Å². The van der Waals surface area contributed by atoms with Crippen molar-refractivity contribution in [2.45, 2.75) is 0 Å². The SMILES string of the molecule is O=C(O)Nc1ncc(-c2ccccc2)cn1. The van der Waals surface area contributed by atoms with E-state index in [1.165, 1.54) is 0 Å². The van der Waals surface area contributed by atoms with Crippen LogP contribution in [0.4, 0.5) is 10.7 Å². The quantitative estimate of drug-likeness (QED) is 0.805. The van der Waals surface area contributed by atoms with Gasteiger partial charge < -0.3 is 5.11 Å². The number of anilines is 1. The number of rotatable bonds is 2. The maximum Gasteiger partial charge on any atom is 0.411 e. The highest BCUT2D eigenvalue weighted by Gasteiger charge is 2.02. The van der Waals surface area contributed by atoms with Crippen LogP contribution in [0.5, 0.6) is 0 Å². The van der Waals surface area contributed by atoms with E-state index in [-0.39, 0.29) is 5.95 Å². The molecule has 0 aliphatic heterocycles. The van der Waals surface area contributed by atoms with Crippen LogP contribution in [0, 0.1) is 0 Å². The molecule has 0 aliphatic rings. The third kappa shape index (κ3) is 2.33. The Morgan fingerprint density at radius 3 is 2.25 bits per heavy atom. The average Bonchev–Trinajstić information content (AvgIpc) is 2.30. The molecular formula is C11H9N3O2. The molecule has 0 spiro atoms. The zero-order chi connectivity index (χ0) is 11.4. The van der Waals surface area contributed by atoms with Crippen molar-refractivity contribution in [3.8, 4) is 11.1 Å². The third-order valence-corrected chi connectivity index (χ3v) is 1.98. The number of carbonyl (C=O) groups is 1. The first-order chi connectivity index (χ1) is 7.75. The van der Waals surface area contributed by atoms with E-state index in [0.717, 1.165) is 11.1 Å². The number of carboxylic acid groups (broad SMARTS) is 1. The highest BCUT2D eigenvalue weighted by atomic mass is 16.4. The number of nitrogens with zero attached hydrogens (tertiary/aromatic N) is 2. The second-order valence-corrected chi connectivity index (χ2v) is 3.09. The summed E-state index contributed by atoms with van der Waals surface area (Å²) < 4.78 is 0. The molecule has 5 nitrogen and oxygen atoms in total. The van der Waals surface area contributed by atoms with Gasteiger partial charge in [0.1, 0.15) is 0 Å². The van der Waals surface area contributed by atoms with Gasteiger partial charge in [-0.25, -0.2) is 14.8 Å². The molecule has 1 aromatic heterocycles. The molecule has 1 amide bonds. The Balaban J connectivity index is 2.23. The van der Waals surface area contributed by atoms with Gasteiger partial charge in [-0.05, 0) is 5.56 Å². The summed E-state index contributed by atoms with van der Waals surface area (Å²) in [4.78, 5) is 18.1. The second-order valence-electron chi connectivity index (χ2n) is 3.09. The molecule has 2 rings (SSSR count). The molecule has 0 saturated carbocycles. The summed E-state index contributed by atoms with van der Waals surface area (Å²) in [6.45, 7) is 0. The molecule has 5 heteroatoms. The van der Waals surface area contributed by atoms with Crippen molar-refractivity contribution in [2.24, 2.45) is 0 Å². The van der Waals surface area contributed by atoms with Crippen molar-refractivity contribution in [2.75, 3.05) is 5.32 Å². The van der Waals surface area contributed by atoms with Crippen molar-refractivity contribution in [1.29, 1.82) is 0 Å². The Morgan fingerprint density at radius 1 is 1.06 bits per heavy atom. The lowest BCUT2D eigenvalue weighted by atomic mass is 10.1. The van der Waals surface area contributed by atoms with Crippen molar-refractivity contribution in [3.05, 3.63) is 42.7 Å². The maximum absolute atomic E-state index is 10.3. The van der Waals surface area contributed by atoms with E-state index in [9.17, 15) is 4.79 Å². The second kappa shape index (κ2) is 4.39. The van der Waals surface area contributed by atoms with Gasteiger partial charge in [0.2, 0.25) is 5.95 Å². The van der Waals surface area contributed by atoms with E-state index in [4.69, 9.17) is 5.11 Å². The highest BCUT2D eigenvalue weighted by molar-refractivity contribution is 5.80. The molecule has 16 heavy (non-hydrogen) atoms. The average molecular weight is 215 g/mol. The predicted molar refractivity (Wildman–Crippen MR) is 59.1 cm³/mol. The number of aromatic nitrogens is 2. The van der Waals surface area contributed by atoms with Crippen molar-refractivity contribution in [3.63, 3.8) is 0 Å². The van der Waals surface area contributed by atoms with E-state index in [0.29, 0.717) is 0 Å². The molecule has 0 atom stereocenters. The van der Waals surface area contributed by atoms with Crippen LogP contribution in [0.25, 0.3) is 11.1 Å². The molecule has 0 bridgehead atoms. The van der Waals surface area contributed by atoms with Gasteiger partial charge in [0.25, 0.3) is 0 Å². The summed E-state index contributed by atoms with van der Waals surface area (Å²) in [7, 11) is 0. The molecule has 1 aromatic carbocycles. The standard InChI is InChI=1S/C11H9N3O2/c15-11(16)14-10-12-6-9(7-13-10)8-4-2-1-3-5-8/h1-7H,(H,15,16)(H,12,13,14). The van der Waals surface area contributed by atoms with E-state index < -0.39 is 6.09 Å². The minimum absolute atomic E-state index is 0.0761. The molecule has 2 N–H and O–H groups in total. The zero-order valence-corrected chi connectivity index (χ0v) is 8.29. The largest absolute Gasteiger partial charge is 0.465 e. The Bertz CT molecular complexity index is 482. The zero-order valence-electron chi connectivity index (χ0n) is 8.29.